The maximum absolute atomic E-state index is 13.5. The first-order valence-electron chi connectivity index (χ1n) is 20.2. The first kappa shape index (κ1) is 45.8. The normalized spacial score (nSPS) is 13.1. The third kappa shape index (κ3) is 15.2. The SMILES string of the molecule is CC.CC(C)(C)OC=O.CCCCCCCOc1ccc(-c2cnc(-c3ccc(CC(NC(=O)c4ccc(C(C)(C)C)s4)C(=O)N4CCCC4)cc3)nc2)cc1. The van der Waals surface area contributed by atoms with Crippen molar-refractivity contribution in [3.8, 4) is 28.3 Å². The lowest BCUT2D eigenvalue weighted by molar-refractivity contribution is -0.138. The molecule has 0 radical (unpaired) electrons. The number of unbranched alkanes of at least 4 members (excludes halogenated alkanes) is 4. The molecule has 9 nitrogen and oxygen atoms in total. The highest BCUT2D eigenvalue weighted by Crippen LogP contribution is 2.30. The van der Waals surface area contributed by atoms with Crippen LogP contribution in [0.3, 0.4) is 0 Å². The summed E-state index contributed by atoms with van der Waals surface area (Å²) in [6.07, 6.45) is 12.2. The molecule has 10 heteroatoms. The van der Waals surface area contributed by atoms with E-state index in [0.717, 1.165) is 71.8 Å². The molecule has 0 spiro atoms. The Bertz CT molecular complexity index is 1750. The number of nitrogens with one attached hydrogen (secondary N) is 1. The number of likely N-dealkylation sites (tertiary alicyclic amines) is 1. The number of amides is 2. The highest BCUT2D eigenvalue weighted by molar-refractivity contribution is 7.14. The molecule has 1 N–H and O–H groups in total. The Balaban J connectivity index is 0.000000842. The van der Waals surface area contributed by atoms with Gasteiger partial charge in [-0.3, -0.25) is 14.4 Å². The summed E-state index contributed by atoms with van der Waals surface area (Å²) in [4.78, 5) is 49.3. The maximum atomic E-state index is 13.5. The van der Waals surface area contributed by atoms with Crippen LogP contribution in [0.1, 0.15) is 127 Å². The molecule has 0 bridgehead atoms. The molecule has 3 heterocycles. The number of hydrogen-bond donors (Lipinski definition) is 1. The minimum Gasteiger partial charge on any atom is -0.494 e. The van der Waals surface area contributed by atoms with Crippen molar-refractivity contribution < 1.29 is 23.9 Å². The fourth-order valence-corrected chi connectivity index (χ4v) is 6.85. The zero-order valence-electron chi connectivity index (χ0n) is 35.2. The molecule has 1 saturated heterocycles. The molecule has 5 rings (SSSR count). The van der Waals surface area contributed by atoms with E-state index in [9.17, 15) is 14.4 Å². The van der Waals surface area contributed by atoms with Crippen LogP contribution in [-0.2, 0) is 26.2 Å². The van der Waals surface area contributed by atoms with Gasteiger partial charge in [-0.05, 0) is 80.8 Å². The van der Waals surface area contributed by atoms with E-state index in [4.69, 9.17) is 4.74 Å². The topological polar surface area (TPSA) is 111 Å². The summed E-state index contributed by atoms with van der Waals surface area (Å²) in [6.45, 7) is 20.8. The molecule has 2 aromatic carbocycles. The van der Waals surface area contributed by atoms with Gasteiger partial charge in [0.1, 0.15) is 17.4 Å². The molecule has 1 fully saturated rings. The number of ether oxygens (including phenoxy) is 2. The summed E-state index contributed by atoms with van der Waals surface area (Å²) in [6, 6.07) is 19.3. The number of carbonyl (C=O) groups is 3. The summed E-state index contributed by atoms with van der Waals surface area (Å²) < 4.78 is 10.5. The van der Waals surface area contributed by atoms with Gasteiger partial charge in [0.15, 0.2) is 5.82 Å². The maximum Gasteiger partial charge on any atom is 0.293 e. The van der Waals surface area contributed by atoms with Crippen LogP contribution < -0.4 is 10.1 Å². The number of benzene rings is 2. The van der Waals surface area contributed by atoms with Crippen LogP contribution in [0.4, 0.5) is 0 Å². The fraction of sp³-hybridized carbons (Fsp3) is 0.500. The van der Waals surface area contributed by atoms with Crippen LogP contribution in [0.15, 0.2) is 73.1 Å². The molecular weight excluding hydrogens is 721 g/mol. The number of thiophene rings is 1. The van der Waals surface area contributed by atoms with E-state index in [2.05, 4.69) is 47.7 Å². The molecule has 1 aliphatic heterocycles. The van der Waals surface area contributed by atoms with Crippen LogP contribution in [0.25, 0.3) is 22.5 Å². The largest absolute Gasteiger partial charge is 0.494 e. The zero-order chi connectivity index (χ0) is 41.1. The van der Waals surface area contributed by atoms with Crippen molar-refractivity contribution in [1.82, 2.24) is 20.2 Å². The predicted octanol–water partition coefficient (Wildman–Crippen LogP) is 10.5. The van der Waals surface area contributed by atoms with Gasteiger partial charge in [0.25, 0.3) is 12.4 Å². The standard InChI is InChI=1S/C39H48N4O3S.C5H10O2.C2H6/c1-5-6-7-8-11-24-46-32-18-16-29(17-19-32)31-26-40-36(41-27-31)30-14-12-28(13-15-30)25-33(38(45)43-22-9-10-23-43)42-37(44)34-20-21-35(47-34)39(2,3)4;1-5(2,3)7-4-6;1-2/h12-21,26-27,33H,5-11,22-25H2,1-4H3,(H,42,44);4H,1-3H3;1-2H3. The fourth-order valence-electron chi connectivity index (χ4n) is 5.89. The van der Waals surface area contributed by atoms with Crippen molar-refractivity contribution in [2.45, 2.75) is 131 Å². The van der Waals surface area contributed by atoms with Gasteiger partial charge in [-0.25, -0.2) is 9.97 Å². The Hall–Kier alpha value is -4.57. The van der Waals surface area contributed by atoms with E-state index in [1.165, 1.54) is 37.0 Å². The number of hydrogen-bond acceptors (Lipinski definition) is 8. The molecule has 4 aromatic rings. The van der Waals surface area contributed by atoms with Crippen molar-refractivity contribution in [3.05, 3.63) is 88.4 Å². The molecule has 304 valence electrons. The van der Waals surface area contributed by atoms with Crippen molar-refractivity contribution in [3.63, 3.8) is 0 Å². The lowest BCUT2D eigenvalue weighted by atomic mass is 9.95. The minimum atomic E-state index is -0.634. The van der Waals surface area contributed by atoms with E-state index >= 15 is 0 Å². The first-order chi connectivity index (χ1) is 26.8. The van der Waals surface area contributed by atoms with Crippen molar-refractivity contribution in [2.24, 2.45) is 0 Å². The molecular formula is C46H64N4O5S. The van der Waals surface area contributed by atoms with Crippen molar-refractivity contribution in [1.29, 1.82) is 0 Å². The van der Waals surface area contributed by atoms with Crippen LogP contribution in [-0.4, -0.2) is 64.5 Å². The highest BCUT2D eigenvalue weighted by Gasteiger charge is 2.29. The van der Waals surface area contributed by atoms with Gasteiger partial charge in [0, 0.05) is 47.9 Å². The smallest absolute Gasteiger partial charge is 0.293 e. The molecule has 1 aliphatic rings. The Morgan fingerprint density at radius 1 is 0.821 bits per heavy atom. The van der Waals surface area contributed by atoms with Crippen LogP contribution >= 0.6 is 11.3 Å². The third-order valence-corrected chi connectivity index (χ3v) is 10.5. The Labute approximate surface area is 339 Å². The molecule has 1 atom stereocenters. The van der Waals surface area contributed by atoms with Crippen molar-refractivity contribution in [2.75, 3.05) is 19.7 Å². The zero-order valence-corrected chi connectivity index (χ0v) is 36.0. The molecule has 0 aliphatic carbocycles. The summed E-state index contributed by atoms with van der Waals surface area (Å²) in [5.74, 6) is 1.29. The average molecular weight is 785 g/mol. The first-order valence-corrected chi connectivity index (χ1v) is 21.0. The summed E-state index contributed by atoms with van der Waals surface area (Å²) in [5, 5.41) is 3.06. The lowest BCUT2D eigenvalue weighted by Crippen LogP contribution is -2.48. The van der Waals surface area contributed by atoms with E-state index < -0.39 is 6.04 Å². The second-order valence-electron chi connectivity index (χ2n) is 15.8. The summed E-state index contributed by atoms with van der Waals surface area (Å²) in [5.41, 5.74) is 3.48. The van der Waals surface area contributed by atoms with Crippen LogP contribution in [0.5, 0.6) is 5.75 Å². The average Bonchev–Trinajstić information content (AvgIpc) is 3.91. The van der Waals surface area contributed by atoms with E-state index in [0.29, 0.717) is 23.6 Å². The number of nitrogens with zero attached hydrogens (tertiary/aromatic N) is 3. The van der Waals surface area contributed by atoms with Gasteiger partial charge in [0.2, 0.25) is 5.91 Å². The summed E-state index contributed by atoms with van der Waals surface area (Å²) in [7, 11) is 0. The van der Waals surface area contributed by atoms with Crippen LogP contribution in [0.2, 0.25) is 0 Å². The molecule has 2 amide bonds. The molecule has 2 aromatic heterocycles. The Morgan fingerprint density at radius 2 is 1.43 bits per heavy atom. The number of rotatable bonds is 15. The van der Waals surface area contributed by atoms with E-state index in [1.54, 1.807) is 0 Å². The molecule has 0 saturated carbocycles. The van der Waals surface area contributed by atoms with Gasteiger partial charge in [-0.2, -0.15) is 0 Å². The quantitative estimate of drug-likeness (QED) is 0.0944. The second-order valence-corrected chi connectivity index (χ2v) is 16.9. The Kier molecular flexibility index (Phi) is 18.7. The van der Waals surface area contributed by atoms with Gasteiger partial charge in [-0.15, -0.1) is 11.3 Å². The van der Waals surface area contributed by atoms with E-state index in [1.807, 2.05) is 113 Å². The van der Waals surface area contributed by atoms with Gasteiger partial charge >= 0.3 is 0 Å². The van der Waals surface area contributed by atoms with Crippen LogP contribution in [0, 0.1) is 0 Å². The predicted molar refractivity (Wildman–Crippen MR) is 229 cm³/mol. The molecule has 56 heavy (non-hydrogen) atoms. The number of carbonyl (C=O) groups excluding carboxylic acids is 3. The lowest BCUT2D eigenvalue weighted by Gasteiger charge is -2.24. The second kappa shape index (κ2) is 22.9. The number of aromatic nitrogens is 2. The van der Waals surface area contributed by atoms with E-state index in [-0.39, 0.29) is 22.8 Å². The minimum absolute atomic E-state index is 0.0200. The van der Waals surface area contributed by atoms with Gasteiger partial charge in [0.05, 0.1) is 11.5 Å². The van der Waals surface area contributed by atoms with Gasteiger partial charge < -0.3 is 19.7 Å². The third-order valence-electron chi connectivity index (χ3n) is 9.00. The highest BCUT2D eigenvalue weighted by atomic mass is 32.1. The van der Waals surface area contributed by atoms with Crippen molar-refractivity contribution >= 4 is 29.6 Å². The monoisotopic (exact) mass is 784 g/mol. The summed E-state index contributed by atoms with van der Waals surface area (Å²) >= 11 is 1.49. The van der Waals surface area contributed by atoms with Gasteiger partial charge in [-0.1, -0.05) is 104 Å². The Morgan fingerprint density at radius 3 is 1.96 bits per heavy atom. The molecule has 1 unspecified atom stereocenters.